The number of hydrogen-bond donors (Lipinski definition) is 2. The molecule has 29 heavy (non-hydrogen) atoms. The van der Waals surface area contributed by atoms with E-state index in [-0.39, 0.29) is 11.8 Å². The molecule has 0 aromatic heterocycles. The van der Waals surface area contributed by atoms with E-state index >= 15 is 0 Å². The van der Waals surface area contributed by atoms with Crippen LogP contribution in [-0.4, -0.2) is 17.9 Å². The van der Waals surface area contributed by atoms with Crippen molar-refractivity contribution in [1.29, 1.82) is 0 Å². The Balaban J connectivity index is 1.53. The summed E-state index contributed by atoms with van der Waals surface area (Å²) in [7, 11) is 0. The predicted molar refractivity (Wildman–Crippen MR) is 114 cm³/mol. The fraction of sp³-hybridized carbons (Fsp3) is 0.130. The van der Waals surface area contributed by atoms with Gasteiger partial charge in [0.2, 0.25) is 0 Å². The van der Waals surface area contributed by atoms with Crippen LogP contribution < -0.4 is 15.4 Å². The van der Waals surface area contributed by atoms with Crippen LogP contribution in [0.25, 0.3) is 0 Å². The zero-order chi connectivity index (χ0) is 20.6. The first-order chi connectivity index (χ1) is 14.0. The van der Waals surface area contributed by atoms with E-state index in [0.29, 0.717) is 28.6 Å². The summed E-state index contributed by atoms with van der Waals surface area (Å²) < 4.78 is 5.67. The van der Waals surface area contributed by atoms with Crippen LogP contribution >= 0.6 is 11.6 Å². The Hall–Kier alpha value is -3.31. The third-order valence-corrected chi connectivity index (χ3v) is 4.56. The summed E-state index contributed by atoms with van der Waals surface area (Å²) in [6.45, 7) is 2.10. The molecule has 6 heteroatoms. The third kappa shape index (κ3) is 5.83. The van der Waals surface area contributed by atoms with Gasteiger partial charge in [0, 0.05) is 12.1 Å². The van der Waals surface area contributed by atoms with Crippen molar-refractivity contribution in [2.24, 2.45) is 0 Å². The number of carbonyl (C=O) groups excluding carboxylic acids is 2. The zero-order valence-corrected chi connectivity index (χ0v) is 16.6. The normalized spacial score (nSPS) is 11.4. The molecule has 0 saturated carbocycles. The summed E-state index contributed by atoms with van der Waals surface area (Å²) in [6, 6.07) is 23.3. The molecule has 0 unspecified atom stereocenters. The van der Waals surface area contributed by atoms with Crippen LogP contribution in [0.5, 0.6) is 5.75 Å². The average Bonchev–Trinajstić information content (AvgIpc) is 2.75. The first kappa shape index (κ1) is 20.4. The number of benzene rings is 3. The Morgan fingerprint density at radius 2 is 1.59 bits per heavy atom. The van der Waals surface area contributed by atoms with Gasteiger partial charge in [0.25, 0.3) is 11.8 Å². The van der Waals surface area contributed by atoms with Crippen molar-refractivity contribution in [1.82, 2.24) is 5.32 Å². The molecule has 3 aromatic carbocycles. The van der Waals surface area contributed by atoms with Crippen molar-refractivity contribution < 1.29 is 14.3 Å². The Morgan fingerprint density at radius 3 is 2.28 bits per heavy atom. The lowest BCUT2D eigenvalue weighted by atomic mass is 10.2. The number of anilines is 1. The molecule has 1 atom stereocenters. The van der Waals surface area contributed by atoms with Gasteiger partial charge in [-0.1, -0.05) is 54.1 Å². The molecule has 0 aliphatic heterocycles. The van der Waals surface area contributed by atoms with Gasteiger partial charge < -0.3 is 15.4 Å². The van der Waals surface area contributed by atoms with E-state index in [2.05, 4.69) is 10.6 Å². The lowest BCUT2D eigenvalue weighted by molar-refractivity contribution is -0.122. The van der Waals surface area contributed by atoms with E-state index in [1.54, 1.807) is 55.5 Å². The quantitative estimate of drug-likeness (QED) is 0.596. The molecule has 0 bridgehead atoms. The maximum absolute atomic E-state index is 12.3. The van der Waals surface area contributed by atoms with E-state index in [1.807, 2.05) is 30.3 Å². The van der Waals surface area contributed by atoms with Gasteiger partial charge in [-0.05, 0) is 48.9 Å². The standard InChI is InChI=1S/C23H21ClN2O3/c1-16(22(27)26-21-10-6-5-9-20(21)24)29-19-13-11-18(12-14-19)23(28)25-15-17-7-3-2-4-8-17/h2-14,16H,15H2,1H3,(H,25,28)(H,26,27)/t16-/m1/s1. The summed E-state index contributed by atoms with van der Waals surface area (Å²) in [6.07, 6.45) is -0.732. The Morgan fingerprint density at radius 1 is 0.931 bits per heavy atom. The SMILES string of the molecule is C[C@@H](Oc1ccc(C(=O)NCc2ccccc2)cc1)C(=O)Nc1ccccc1Cl. The molecule has 148 valence electrons. The lowest BCUT2D eigenvalue weighted by Gasteiger charge is -2.15. The van der Waals surface area contributed by atoms with Gasteiger partial charge in [0.1, 0.15) is 5.75 Å². The number of hydrogen-bond acceptors (Lipinski definition) is 3. The molecule has 0 heterocycles. The fourth-order valence-electron chi connectivity index (χ4n) is 2.62. The summed E-state index contributed by atoms with van der Waals surface area (Å²) in [5, 5.41) is 6.06. The molecular weight excluding hydrogens is 388 g/mol. The monoisotopic (exact) mass is 408 g/mol. The van der Waals surface area contributed by atoms with Gasteiger partial charge in [-0.3, -0.25) is 9.59 Å². The second-order valence-electron chi connectivity index (χ2n) is 6.42. The highest BCUT2D eigenvalue weighted by Gasteiger charge is 2.16. The first-order valence-electron chi connectivity index (χ1n) is 9.17. The van der Waals surface area contributed by atoms with Gasteiger partial charge in [0.05, 0.1) is 10.7 Å². The third-order valence-electron chi connectivity index (χ3n) is 4.23. The summed E-state index contributed by atoms with van der Waals surface area (Å²) >= 11 is 6.05. The minimum absolute atomic E-state index is 0.176. The Labute approximate surface area is 174 Å². The van der Waals surface area contributed by atoms with Crippen LogP contribution in [-0.2, 0) is 11.3 Å². The Bertz CT molecular complexity index is 975. The van der Waals surface area contributed by atoms with Crippen LogP contribution in [0.3, 0.4) is 0 Å². The lowest BCUT2D eigenvalue weighted by Crippen LogP contribution is -2.30. The number of para-hydroxylation sites is 1. The summed E-state index contributed by atoms with van der Waals surface area (Å²) in [4.78, 5) is 24.6. The van der Waals surface area contributed by atoms with Crippen LogP contribution in [0.15, 0.2) is 78.9 Å². The van der Waals surface area contributed by atoms with Crippen molar-refractivity contribution in [3.8, 4) is 5.75 Å². The number of nitrogens with one attached hydrogen (secondary N) is 2. The zero-order valence-electron chi connectivity index (χ0n) is 15.9. The van der Waals surface area contributed by atoms with E-state index in [1.165, 1.54) is 0 Å². The van der Waals surface area contributed by atoms with Crippen molar-refractivity contribution in [3.05, 3.63) is 95.0 Å². The smallest absolute Gasteiger partial charge is 0.265 e. The second kappa shape index (κ2) is 9.75. The molecule has 3 rings (SSSR count). The van der Waals surface area contributed by atoms with Gasteiger partial charge in [-0.25, -0.2) is 0 Å². The van der Waals surface area contributed by atoms with Gasteiger partial charge >= 0.3 is 0 Å². The number of ether oxygens (including phenoxy) is 1. The highest BCUT2D eigenvalue weighted by molar-refractivity contribution is 6.33. The van der Waals surface area contributed by atoms with Crippen LogP contribution in [0.4, 0.5) is 5.69 Å². The van der Waals surface area contributed by atoms with E-state index < -0.39 is 6.10 Å². The van der Waals surface area contributed by atoms with Gasteiger partial charge in [-0.15, -0.1) is 0 Å². The van der Waals surface area contributed by atoms with Gasteiger partial charge in [0.15, 0.2) is 6.10 Å². The van der Waals surface area contributed by atoms with Crippen LogP contribution in [0, 0.1) is 0 Å². The minimum Gasteiger partial charge on any atom is -0.481 e. The van der Waals surface area contributed by atoms with Gasteiger partial charge in [-0.2, -0.15) is 0 Å². The maximum Gasteiger partial charge on any atom is 0.265 e. The Kier molecular flexibility index (Phi) is 6.87. The van der Waals surface area contributed by atoms with Crippen molar-refractivity contribution in [2.45, 2.75) is 19.6 Å². The molecule has 0 aliphatic carbocycles. The first-order valence-corrected chi connectivity index (χ1v) is 9.55. The molecule has 2 amide bonds. The molecule has 0 fully saturated rings. The number of carbonyl (C=O) groups is 2. The fourth-order valence-corrected chi connectivity index (χ4v) is 2.80. The summed E-state index contributed by atoms with van der Waals surface area (Å²) in [5.74, 6) is -0.000822. The molecule has 2 N–H and O–H groups in total. The highest BCUT2D eigenvalue weighted by Crippen LogP contribution is 2.21. The predicted octanol–water partition coefficient (Wildman–Crippen LogP) is 4.68. The maximum atomic E-state index is 12.3. The average molecular weight is 409 g/mol. The second-order valence-corrected chi connectivity index (χ2v) is 6.83. The topological polar surface area (TPSA) is 67.4 Å². The highest BCUT2D eigenvalue weighted by atomic mass is 35.5. The molecular formula is C23H21ClN2O3. The molecule has 0 radical (unpaired) electrons. The minimum atomic E-state index is -0.732. The van der Waals surface area contributed by atoms with E-state index in [9.17, 15) is 9.59 Å². The number of halogens is 1. The molecule has 0 aliphatic rings. The molecule has 0 spiro atoms. The molecule has 0 saturated heterocycles. The summed E-state index contributed by atoms with van der Waals surface area (Å²) in [5.41, 5.74) is 2.07. The number of amides is 2. The number of rotatable bonds is 7. The molecule has 5 nitrogen and oxygen atoms in total. The van der Waals surface area contributed by atoms with E-state index in [4.69, 9.17) is 16.3 Å². The largest absolute Gasteiger partial charge is 0.481 e. The van der Waals surface area contributed by atoms with Crippen LogP contribution in [0.1, 0.15) is 22.8 Å². The van der Waals surface area contributed by atoms with Crippen LogP contribution in [0.2, 0.25) is 5.02 Å². The van der Waals surface area contributed by atoms with E-state index in [0.717, 1.165) is 5.56 Å². The molecule has 3 aromatic rings. The van der Waals surface area contributed by atoms with Crippen molar-refractivity contribution in [2.75, 3.05) is 5.32 Å². The van der Waals surface area contributed by atoms with Crippen molar-refractivity contribution >= 4 is 29.1 Å². The van der Waals surface area contributed by atoms with Crippen molar-refractivity contribution in [3.63, 3.8) is 0 Å².